The Hall–Kier alpha value is -0.120. The maximum Gasteiger partial charge on any atom is 0.0676 e. The first-order valence-corrected chi connectivity index (χ1v) is 4.39. The molecule has 0 bridgehead atoms. The Kier molecular flexibility index (Phi) is 4.75. The van der Waals surface area contributed by atoms with Gasteiger partial charge in [-0.3, -0.25) is 0 Å². The lowest BCUT2D eigenvalue weighted by Gasteiger charge is -2.32. The van der Waals surface area contributed by atoms with Crippen molar-refractivity contribution in [1.29, 1.82) is 0 Å². The minimum atomic E-state index is -0.604. The van der Waals surface area contributed by atoms with Crippen molar-refractivity contribution in [3.05, 3.63) is 0 Å². The molecule has 0 saturated carbocycles. The quantitative estimate of drug-likeness (QED) is 0.544. The average Bonchev–Trinajstić information content (AvgIpc) is 1.79. The first kappa shape index (κ1) is 11.9. The van der Waals surface area contributed by atoms with Gasteiger partial charge in [0.15, 0.2) is 0 Å². The van der Waals surface area contributed by atoms with Gasteiger partial charge in [-0.1, -0.05) is 6.10 Å². The predicted molar refractivity (Wildman–Crippen MR) is 47.8 cm³/mol. The van der Waals surface area contributed by atoms with Crippen molar-refractivity contribution in [2.45, 2.75) is 26.1 Å². The van der Waals surface area contributed by atoms with Gasteiger partial charge in [0.05, 0.1) is 33.8 Å². The zero-order chi connectivity index (χ0) is 9.78. The fourth-order valence-electron chi connectivity index (χ4n) is 0.963. The average molecular weight is 175 g/mol. The number of hydrogen-bond donors (Lipinski definition) is 0. The highest BCUT2D eigenvalue weighted by molar-refractivity contribution is 4.50. The summed E-state index contributed by atoms with van der Waals surface area (Å²) in [5, 5.41) is 11.3. The smallest absolute Gasteiger partial charge is 0.0676 e. The Morgan fingerprint density at radius 1 is 1.25 bits per heavy atom. The molecule has 0 aliphatic heterocycles. The minimum absolute atomic E-state index is 0.161. The van der Waals surface area contributed by atoms with Crippen molar-refractivity contribution in [3.63, 3.8) is 0 Å². The van der Waals surface area contributed by atoms with E-state index < -0.39 is 6.10 Å². The van der Waals surface area contributed by atoms with Crippen molar-refractivity contribution in [2.24, 2.45) is 0 Å². The lowest BCUT2D eigenvalue weighted by Crippen LogP contribution is -2.48. The summed E-state index contributed by atoms with van der Waals surface area (Å²) < 4.78 is 5.93. The normalized spacial score (nSPS) is 15.2. The van der Waals surface area contributed by atoms with Crippen LogP contribution in [0.2, 0.25) is 0 Å². The third-order valence-corrected chi connectivity index (χ3v) is 1.37. The van der Waals surface area contributed by atoms with Crippen molar-refractivity contribution >= 4 is 0 Å². The van der Waals surface area contributed by atoms with Crippen LogP contribution < -0.4 is 5.11 Å². The maximum atomic E-state index is 11.3. The van der Waals surface area contributed by atoms with Crippen LogP contribution in [0.3, 0.4) is 0 Å². The van der Waals surface area contributed by atoms with Gasteiger partial charge in [0.2, 0.25) is 0 Å². The molecule has 0 aliphatic rings. The van der Waals surface area contributed by atoms with Gasteiger partial charge in [-0.05, 0) is 13.8 Å². The van der Waals surface area contributed by atoms with Crippen LogP contribution in [-0.2, 0) is 4.74 Å². The fraction of sp³-hybridized carbons (Fsp3) is 1.00. The minimum Gasteiger partial charge on any atom is -0.846 e. The molecule has 74 valence electrons. The predicted octanol–water partition coefficient (Wildman–Crippen LogP) is -0.153. The van der Waals surface area contributed by atoms with Crippen LogP contribution in [0.4, 0.5) is 0 Å². The highest BCUT2D eigenvalue weighted by Gasteiger charge is 2.09. The van der Waals surface area contributed by atoms with Gasteiger partial charge < -0.3 is 14.3 Å². The van der Waals surface area contributed by atoms with E-state index in [4.69, 9.17) is 4.74 Å². The van der Waals surface area contributed by atoms with Gasteiger partial charge in [-0.25, -0.2) is 0 Å². The van der Waals surface area contributed by atoms with Gasteiger partial charge in [-0.15, -0.1) is 0 Å². The van der Waals surface area contributed by atoms with E-state index >= 15 is 0 Å². The van der Waals surface area contributed by atoms with E-state index in [1.54, 1.807) is 0 Å². The Morgan fingerprint density at radius 2 is 1.75 bits per heavy atom. The molecular weight excluding hydrogens is 154 g/mol. The van der Waals surface area contributed by atoms with E-state index in [0.717, 1.165) is 0 Å². The maximum absolute atomic E-state index is 11.3. The van der Waals surface area contributed by atoms with Crippen molar-refractivity contribution in [3.8, 4) is 0 Å². The summed E-state index contributed by atoms with van der Waals surface area (Å²) in [5.41, 5.74) is 0. The Labute approximate surface area is 75.5 Å². The Balaban J connectivity index is 3.53. The molecule has 0 fully saturated rings. The van der Waals surface area contributed by atoms with Crippen LogP contribution in [0.15, 0.2) is 0 Å². The number of likely N-dealkylation sites (N-methyl/N-ethyl adjacent to an activating group) is 1. The summed E-state index contributed by atoms with van der Waals surface area (Å²) in [6.07, 6.45) is -0.443. The van der Waals surface area contributed by atoms with Crippen LogP contribution >= 0.6 is 0 Å². The molecule has 0 amide bonds. The summed E-state index contributed by atoms with van der Waals surface area (Å²) in [6.45, 7) is 4.83. The largest absolute Gasteiger partial charge is 0.846 e. The van der Waals surface area contributed by atoms with Crippen LogP contribution in [0, 0.1) is 0 Å². The molecule has 0 radical (unpaired) electrons. The number of ether oxygens (including phenoxy) is 1. The zero-order valence-corrected chi connectivity index (χ0v) is 8.83. The molecule has 0 rings (SSSR count). The van der Waals surface area contributed by atoms with E-state index in [1.165, 1.54) is 0 Å². The molecule has 3 nitrogen and oxygen atoms in total. The van der Waals surface area contributed by atoms with E-state index in [9.17, 15) is 5.11 Å². The van der Waals surface area contributed by atoms with Gasteiger partial charge in [-0.2, -0.15) is 0 Å². The third kappa shape index (κ3) is 7.98. The molecule has 0 aromatic rings. The highest BCUT2D eigenvalue weighted by Crippen LogP contribution is 1.95. The molecule has 0 aromatic carbocycles. The van der Waals surface area contributed by atoms with Crippen LogP contribution in [0.1, 0.15) is 13.8 Å². The molecule has 1 atom stereocenters. The van der Waals surface area contributed by atoms with Gasteiger partial charge in [0, 0.05) is 6.61 Å². The molecule has 1 unspecified atom stereocenters. The molecule has 0 saturated heterocycles. The van der Waals surface area contributed by atoms with Gasteiger partial charge in [0.25, 0.3) is 0 Å². The summed E-state index contributed by atoms with van der Waals surface area (Å²) in [6, 6.07) is 0. The molecular formula is C9H21NO2. The van der Waals surface area contributed by atoms with E-state index in [-0.39, 0.29) is 6.10 Å². The molecule has 0 aliphatic carbocycles. The lowest BCUT2D eigenvalue weighted by molar-refractivity contribution is -0.880. The zero-order valence-electron chi connectivity index (χ0n) is 8.83. The van der Waals surface area contributed by atoms with Crippen LogP contribution in [-0.4, -0.2) is 51.0 Å². The van der Waals surface area contributed by atoms with Crippen LogP contribution in [0.5, 0.6) is 0 Å². The number of rotatable bonds is 5. The molecule has 0 spiro atoms. The standard InChI is InChI=1S/C9H21NO2/c1-8(2)12-7-9(11)6-10(3,4)5/h8-9H,6-7H2,1-5H3. The summed E-state index contributed by atoms with van der Waals surface area (Å²) in [5.74, 6) is 0. The number of nitrogens with zero attached hydrogens (tertiary/aromatic N) is 1. The van der Waals surface area contributed by atoms with Crippen molar-refractivity contribution < 1.29 is 14.3 Å². The second-order valence-electron chi connectivity index (χ2n) is 4.48. The summed E-state index contributed by atoms with van der Waals surface area (Å²) >= 11 is 0. The molecule has 12 heavy (non-hydrogen) atoms. The molecule has 0 N–H and O–H groups in total. The van der Waals surface area contributed by atoms with Gasteiger partial charge >= 0.3 is 0 Å². The monoisotopic (exact) mass is 175 g/mol. The molecule has 0 heterocycles. The van der Waals surface area contributed by atoms with Crippen LogP contribution in [0.25, 0.3) is 0 Å². The van der Waals surface area contributed by atoms with Crippen molar-refractivity contribution in [2.75, 3.05) is 34.3 Å². The summed E-state index contributed by atoms with van der Waals surface area (Å²) in [4.78, 5) is 0. The Bertz CT molecular complexity index is 118. The first-order chi connectivity index (χ1) is 5.31. The van der Waals surface area contributed by atoms with E-state index in [2.05, 4.69) is 0 Å². The van der Waals surface area contributed by atoms with E-state index in [1.807, 2.05) is 35.0 Å². The van der Waals surface area contributed by atoms with E-state index in [0.29, 0.717) is 17.6 Å². The Morgan fingerprint density at radius 3 is 2.08 bits per heavy atom. The fourth-order valence-corrected chi connectivity index (χ4v) is 0.963. The first-order valence-electron chi connectivity index (χ1n) is 4.39. The molecule has 0 aromatic heterocycles. The number of quaternary nitrogens is 1. The SMILES string of the molecule is CC(C)OCC([O-])C[N+](C)(C)C. The van der Waals surface area contributed by atoms with Crippen molar-refractivity contribution in [1.82, 2.24) is 0 Å². The molecule has 3 heteroatoms. The third-order valence-electron chi connectivity index (χ3n) is 1.37. The topological polar surface area (TPSA) is 32.3 Å². The highest BCUT2D eigenvalue weighted by atomic mass is 16.5. The van der Waals surface area contributed by atoms with Gasteiger partial charge in [0.1, 0.15) is 0 Å². The number of hydrogen-bond acceptors (Lipinski definition) is 2. The second-order valence-corrected chi connectivity index (χ2v) is 4.48. The second kappa shape index (κ2) is 4.80. The lowest BCUT2D eigenvalue weighted by atomic mass is 10.3. The summed E-state index contributed by atoms with van der Waals surface area (Å²) in [7, 11) is 6.04.